The molecule has 0 spiro atoms. The second-order valence-electron chi connectivity index (χ2n) is 6.02. The van der Waals surface area contributed by atoms with Crippen LogP contribution < -0.4 is 0 Å². The highest BCUT2D eigenvalue weighted by Crippen LogP contribution is 2.30. The molecule has 4 heteroatoms. The number of aldehydes is 1. The lowest BCUT2D eigenvalue weighted by Gasteiger charge is -2.28. The van der Waals surface area contributed by atoms with E-state index in [-0.39, 0.29) is 36.1 Å². The van der Waals surface area contributed by atoms with E-state index in [1.54, 1.807) is 0 Å². The summed E-state index contributed by atoms with van der Waals surface area (Å²) in [6, 6.07) is 0. The van der Waals surface area contributed by atoms with E-state index in [9.17, 15) is 19.2 Å². The summed E-state index contributed by atoms with van der Waals surface area (Å²) in [6.45, 7) is 7.12. The van der Waals surface area contributed by atoms with Crippen molar-refractivity contribution >= 4 is 23.6 Å². The molecule has 1 atom stereocenters. The summed E-state index contributed by atoms with van der Waals surface area (Å²) in [5, 5.41) is 0. The van der Waals surface area contributed by atoms with Gasteiger partial charge < -0.3 is 4.79 Å². The fraction of sp³-hybridized carbons (Fsp3) is 0.750. The molecule has 0 aromatic heterocycles. The first kappa shape index (κ1) is 18.7. The summed E-state index contributed by atoms with van der Waals surface area (Å²) in [4.78, 5) is 45.0. The third-order valence-electron chi connectivity index (χ3n) is 4.13. The molecule has 0 radical (unpaired) electrons. The molecule has 0 amide bonds. The Hall–Kier alpha value is -1.32. The highest BCUT2D eigenvalue weighted by atomic mass is 16.1. The Kier molecular flexibility index (Phi) is 8.19. The summed E-state index contributed by atoms with van der Waals surface area (Å²) < 4.78 is 0. The lowest BCUT2D eigenvalue weighted by atomic mass is 9.74. The fourth-order valence-electron chi connectivity index (χ4n) is 1.83. The van der Waals surface area contributed by atoms with Gasteiger partial charge in [-0.15, -0.1) is 0 Å². The molecule has 0 fully saturated rings. The fourth-order valence-corrected chi connectivity index (χ4v) is 1.83. The van der Waals surface area contributed by atoms with E-state index in [1.807, 2.05) is 20.8 Å². The topological polar surface area (TPSA) is 68.3 Å². The van der Waals surface area contributed by atoms with E-state index in [1.165, 1.54) is 6.92 Å². The predicted molar refractivity (Wildman–Crippen MR) is 77.4 cm³/mol. The molecule has 0 rings (SSSR count). The van der Waals surface area contributed by atoms with Crippen molar-refractivity contribution in [2.45, 2.75) is 66.2 Å². The van der Waals surface area contributed by atoms with E-state index in [0.717, 1.165) is 6.29 Å². The third kappa shape index (κ3) is 6.73. The minimum atomic E-state index is -0.510. The molecule has 0 aromatic rings. The van der Waals surface area contributed by atoms with Gasteiger partial charge >= 0.3 is 0 Å². The minimum Gasteiger partial charge on any atom is -0.303 e. The number of rotatable bonds is 11. The van der Waals surface area contributed by atoms with Crippen LogP contribution in [-0.4, -0.2) is 23.6 Å². The van der Waals surface area contributed by atoms with Crippen molar-refractivity contribution in [1.82, 2.24) is 0 Å². The predicted octanol–water partition coefficient (Wildman–Crippen LogP) is 2.92. The van der Waals surface area contributed by atoms with Crippen LogP contribution in [0.5, 0.6) is 0 Å². The van der Waals surface area contributed by atoms with Gasteiger partial charge in [-0.2, -0.15) is 0 Å². The number of hydrogen-bond acceptors (Lipinski definition) is 4. The van der Waals surface area contributed by atoms with E-state index >= 15 is 0 Å². The molecule has 1 unspecified atom stereocenters. The van der Waals surface area contributed by atoms with Gasteiger partial charge in [-0.25, -0.2) is 0 Å². The first-order valence-corrected chi connectivity index (χ1v) is 7.19. The molecule has 20 heavy (non-hydrogen) atoms. The molecule has 0 aromatic carbocycles. The number of carbonyl (C=O) groups is 4. The Morgan fingerprint density at radius 2 is 1.60 bits per heavy atom. The lowest BCUT2D eigenvalue weighted by molar-refractivity contribution is -0.130. The normalized spacial score (nSPS) is 12.8. The highest BCUT2D eigenvalue weighted by Gasteiger charge is 2.31. The van der Waals surface area contributed by atoms with Crippen molar-refractivity contribution < 1.29 is 19.2 Å². The van der Waals surface area contributed by atoms with Crippen LogP contribution in [0.4, 0.5) is 0 Å². The van der Waals surface area contributed by atoms with Crippen molar-refractivity contribution in [3.05, 3.63) is 0 Å². The minimum absolute atomic E-state index is 0.0237. The summed E-state index contributed by atoms with van der Waals surface area (Å²) in [7, 11) is 0. The average molecular weight is 282 g/mol. The van der Waals surface area contributed by atoms with E-state index in [2.05, 4.69) is 0 Å². The van der Waals surface area contributed by atoms with Gasteiger partial charge in [-0.1, -0.05) is 20.8 Å². The Balaban J connectivity index is 4.08. The van der Waals surface area contributed by atoms with Crippen LogP contribution in [0.3, 0.4) is 0 Å². The molecule has 0 aliphatic carbocycles. The van der Waals surface area contributed by atoms with Crippen LogP contribution in [0, 0.1) is 11.3 Å². The van der Waals surface area contributed by atoms with Gasteiger partial charge in [-0.3, -0.25) is 14.4 Å². The van der Waals surface area contributed by atoms with Crippen molar-refractivity contribution in [2.24, 2.45) is 11.3 Å². The first-order valence-electron chi connectivity index (χ1n) is 7.19. The first-order chi connectivity index (χ1) is 9.21. The SMILES string of the molecule is CC(=O)C(C)(C)C(C)CC(=O)CCC(=O)CCCC=O. The van der Waals surface area contributed by atoms with E-state index < -0.39 is 5.41 Å². The van der Waals surface area contributed by atoms with Crippen molar-refractivity contribution in [2.75, 3.05) is 0 Å². The summed E-state index contributed by atoms with van der Waals surface area (Å²) in [5.41, 5.74) is -0.510. The van der Waals surface area contributed by atoms with Gasteiger partial charge in [0.05, 0.1) is 0 Å². The second kappa shape index (κ2) is 8.77. The smallest absolute Gasteiger partial charge is 0.135 e. The van der Waals surface area contributed by atoms with Gasteiger partial charge in [0.15, 0.2) is 0 Å². The van der Waals surface area contributed by atoms with Crippen LogP contribution in [0.15, 0.2) is 0 Å². The molecule has 0 aliphatic rings. The molecular weight excluding hydrogens is 256 g/mol. The molecule has 0 saturated carbocycles. The van der Waals surface area contributed by atoms with Crippen molar-refractivity contribution in [3.63, 3.8) is 0 Å². The molecule has 114 valence electrons. The number of carbonyl (C=O) groups excluding carboxylic acids is 4. The monoisotopic (exact) mass is 282 g/mol. The molecule has 0 saturated heterocycles. The zero-order chi connectivity index (χ0) is 15.8. The third-order valence-corrected chi connectivity index (χ3v) is 4.13. The van der Waals surface area contributed by atoms with Crippen molar-refractivity contribution in [3.8, 4) is 0 Å². The summed E-state index contributed by atoms with van der Waals surface area (Å²) in [5.74, 6) is 0.0923. The standard InChI is InChI=1S/C16H26O4/c1-12(16(3,4)13(2)18)11-15(20)9-8-14(19)7-5-6-10-17/h10,12H,5-9,11H2,1-4H3. The number of Topliss-reactive ketones (excluding diaryl/α,β-unsaturated/α-hetero) is 3. The lowest BCUT2D eigenvalue weighted by Crippen LogP contribution is -2.31. The van der Waals surface area contributed by atoms with Gasteiger partial charge in [0.2, 0.25) is 0 Å². The van der Waals surface area contributed by atoms with Crippen LogP contribution in [-0.2, 0) is 19.2 Å². The average Bonchev–Trinajstić information content (AvgIpc) is 2.36. The maximum absolute atomic E-state index is 11.8. The van der Waals surface area contributed by atoms with E-state index in [4.69, 9.17) is 0 Å². The molecule has 0 aliphatic heterocycles. The van der Waals surface area contributed by atoms with Crippen LogP contribution >= 0.6 is 0 Å². The second-order valence-corrected chi connectivity index (χ2v) is 6.02. The maximum Gasteiger partial charge on any atom is 0.135 e. The summed E-state index contributed by atoms with van der Waals surface area (Å²) in [6.07, 6.45) is 2.91. The number of ketones is 3. The maximum atomic E-state index is 11.8. The van der Waals surface area contributed by atoms with E-state index in [0.29, 0.717) is 25.7 Å². The van der Waals surface area contributed by atoms with Gasteiger partial charge in [-0.05, 0) is 19.3 Å². The Morgan fingerprint density at radius 3 is 2.10 bits per heavy atom. The molecule has 0 heterocycles. The zero-order valence-corrected chi connectivity index (χ0v) is 13.0. The highest BCUT2D eigenvalue weighted by molar-refractivity contribution is 5.87. The molecule has 0 bridgehead atoms. The van der Waals surface area contributed by atoms with Crippen molar-refractivity contribution in [1.29, 1.82) is 0 Å². The Labute approximate surface area is 121 Å². The van der Waals surface area contributed by atoms with Crippen LogP contribution in [0.2, 0.25) is 0 Å². The zero-order valence-electron chi connectivity index (χ0n) is 13.0. The van der Waals surface area contributed by atoms with Gasteiger partial charge in [0.25, 0.3) is 0 Å². The number of unbranched alkanes of at least 4 members (excludes halogenated alkanes) is 1. The van der Waals surface area contributed by atoms with Gasteiger partial charge in [0, 0.05) is 37.5 Å². The van der Waals surface area contributed by atoms with Crippen LogP contribution in [0.25, 0.3) is 0 Å². The molecule has 0 N–H and O–H groups in total. The number of hydrogen-bond donors (Lipinski definition) is 0. The molecule has 4 nitrogen and oxygen atoms in total. The van der Waals surface area contributed by atoms with Gasteiger partial charge in [0.1, 0.15) is 23.6 Å². The Bertz CT molecular complexity index is 369. The quantitative estimate of drug-likeness (QED) is 0.431. The Morgan fingerprint density at radius 1 is 1.05 bits per heavy atom. The van der Waals surface area contributed by atoms with Crippen LogP contribution in [0.1, 0.15) is 66.2 Å². The summed E-state index contributed by atoms with van der Waals surface area (Å²) >= 11 is 0. The molecular formula is C16H26O4. The largest absolute Gasteiger partial charge is 0.303 e.